The van der Waals surface area contributed by atoms with Crippen molar-refractivity contribution >= 4 is 21.8 Å². The van der Waals surface area contributed by atoms with E-state index < -0.39 is 0 Å². The molecule has 7 nitrogen and oxygen atoms in total. The highest BCUT2D eigenvalue weighted by Crippen LogP contribution is 2.34. The first kappa shape index (κ1) is 20.2. The van der Waals surface area contributed by atoms with Gasteiger partial charge in [-0.1, -0.05) is 21.1 Å². The normalized spacial score (nSPS) is 10.6. The SMILES string of the molecule is CCOc1cc(Br)c(CC(=O)NCCCc2nc(C)no2)cc1OCC. The molecule has 1 aromatic heterocycles. The maximum atomic E-state index is 12.2. The van der Waals surface area contributed by atoms with Gasteiger partial charge in [0.25, 0.3) is 0 Å². The third-order valence-electron chi connectivity index (χ3n) is 3.52. The number of benzene rings is 1. The monoisotopic (exact) mass is 425 g/mol. The smallest absolute Gasteiger partial charge is 0.226 e. The number of hydrogen-bond donors (Lipinski definition) is 1. The average molecular weight is 426 g/mol. The zero-order valence-electron chi connectivity index (χ0n) is 15.3. The van der Waals surface area contributed by atoms with Gasteiger partial charge in [0, 0.05) is 17.4 Å². The maximum Gasteiger partial charge on any atom is 0.226 e. The van der Waals surface area contributed by atoms with E-state index in [-0.39, 0.29) is 12.3 Å². The molecule has 0 aliphatic heterocycles. The molecule has 0 atom stereocenters. The van der Waals surface area contributed by atoms with Crippen LogP contribution in [0.15, 0.2) is 21.1 Å². The Kier molecular flexibility index (Phi) is 7.90. The van der Waals surface area contributed by atoms with E-state index >= 15 is 0 Å². The summed E-state index contributed by atoms with van der Waals surface area (Å²) in [6.07, 6.45) is 1.64. The molecule has 0 saturated carbocycles. The molecule has 0 radical (unpaired) electrons. The number of halogens is 1. The van der Waals surface area contributed by atoms with Gasteiger partial charge in [-0.05, 0) is 44.9 Å². The summed E-state index contributed by atoms with van der Waals surface area (Å²) in [5, 5.41) is 6.64. The third kappa shape index (κ3) is 6.01. The zero-order valence-corrected chi connectivity index (χ0v) is 16.9. The quantitative estimate of drug-likeness (QED) is 0.587. The predicted octanol–water partition coefficient (Wildman–Crippen LogP) is 3.23. The number of nitrogens with one attached hydrogen (secondary N) is 1. The molecule has 0 unspecified atom stereocenters. The van der Waals surface area contributed by atoms with Crippen molar-refractivity contribution in [3.05, 3.63) is 33.9 Å². The molecule has 1 heterocycles. The van der Waals surface area contributed by atoms with E-state index in [4.69, 9.17) is 14.0 Å². The van der Waals surface area contributed by atoms with Gasteiger partial charge in [-0.2, -0.15) is 4.98 Å². The minimum atomic E-state index is -0.0565. The van der Waals surface area contributed by atoms with E-state index in [1.54, 1.807) is 6.92 Å². The van der Waals surface area contributed by atoms with Gasteiger partial charge in [0.1, 0.15) is 0 Å². The number of carbonyl (C=O) groups is 1. The van der Waals surface area contributed by atoms with Crippen LogP contribution >= 0.6 is 15.9 Å². The van der Waals surface area contributed by atoms with Crippen molar-refractivity contribution in [1.29, 1.82) is 0 Å². The summed E-state index contributed by atoms with van der Waals surface area (Å²) in [4.78, 5) is 16.3. The first-order chi connectivity index (χ1) is 12.5. The summed E-state index contributed by atoms with van der Waals surface area (Å²) in [6, 6.07) is 3.69. The predicted molar refractivity (Wildman–Crippen MR) is 101 cm³/mol. The highest BCUT2D eigenvalue weighted by atomic mass is 79.9. The minimum absolute atomic E-state index is 0.0565. The Bertz CT molecular complexity index is 733. The average Bonchev–Trinajstić information content (AvgIpc) is 3.01. The van der Waals surface area contributed by atoms with E-state index in [9.17, 15) is 4.79 Å². The van der Waals surface area contributed by atoms with Crippen molar-refractivity contribution in [2.24, 2.45) is 0 Å². The topological polar surface area (TPSA) is 86.5 Å². The van der Waals surface area contributed by atoms with Crippen LogP contribution in [0.4, 0.5) is 0 Å². The Morgan fingerprint density at radius 1 is 1.23 bits per heavy atom. The molecule has 0 fully saturated rings. The van der Waals surface area contributed by atoms with Crippen LogP contribution in [-0.2, 0) is 17.6 Å². The molecule has 1 N–H and O–H groups in total. The standard InChI is InChI=1S/C18H24BrN3O4/c1-4-24-15-9-13(14(19)11-16(15)25-5-2)10-17(23)20-8-6-7-18-21-12(3)22-26-18/h9,11H,4-8,10H2,1-3H3,(H,20,23). The molecule has 0 bridgehead atoms. The lowest BCUT2D eigenvalue weighted by molar-refractivity contribution is -0.120. The highest BCUT2D eigenvalue weighted by Gasteiger charge is 2.13. The summed E-state index contributed by atoms with van der Waals surface area (Å²) in [6.45, 7) is 7.23. The van der Waals surface area contributed by atoms with E-state index in [1.807, 2.05) is 26.0 Å². The number of aryl methyl sites for hydroxylation is 2. The van der Waals surface area contributed by atoms with Crippen LogP contribution in [0.5, 0.6) is 11.5 Å². The second-order valence-corrected chi connectivity index (χ2v) is 6.48. The fraction of sp³-hybridized carbons (Fsp3) is 0.500. The van der Waals surface area contributed by atoms with Crippen LogP contribution in [0.25, 0.3) is 0 Å². The van der Waals surface area contributed by atoms with Crippen molar-refractivity contribution in [2.75, 3.05) is 19.8 Å². The van der Waals surface area contributed by atoms with Gasteiger partial charge >= 0.3 is 0 Å². The molecule has 0 spiro atoms. The van der Waals surface area contributed by atoms with Crippen LogP contribution in [0, 0.1) is 6.92 Å². The van der Waals surface area contributed by atoms with Crippen LogP contribution in [0.2, 0.25) is 0 Å². The van der Waals surface area contributed by atoms with Crippen molar-refractivity contribution in [3.63, 3.8) is 0 Å². The molecule has 0 aliphatic carbocycles. The molecule has 8 heteroatoms. The lowest BCUT2D eigenvalue weighted by Crippen LogP contribution is -2.26. The number of nitrogens with zero attached hydrogens (tertiary/aromatic N) is 2. The number of ether oxygens (including phenoxy) is 2. The number of amides is 1. The van der Waals surface area contributed by atoms with Gasteiger partial charge < -0.3 is 19.3 Å². The van der Waals surface area contributed by atoms with Gasteiger partial charge in [-0.25, -0.2) is 0 Å². The molecule has 2 aromatic rings. The van der Waals surface area contributed by atoms with Gasteiger partial charge in [-0.3, -0.25) is 4.79 Å². The molecule has 26 heavy (non-hydrogen) atoms. The molecule has 142 valence electrons. The lowest BCUT2D eigenvalue weighted by atomic mass is 10.1. The summed E-state index contributed by atoms with van der Waals surface area (Å²) in [5.74, 6) is 2.47. The molecule has 2 rings (SSSR count). The van der Waals surface area contributed by atoms with Crippen LogP contribution in [0.3, 0.4) is 0 Å². The van der Waals surface area contributed by atoms with Gasteiger partial charge in [-0.15, -0.1) is 0 Å². The van der Waals surface area contributed by atoms with E-state index in [1.165, 1.54) is 0 Å². The van der Waals surface area contributed by atoms with E-state index in [0.29, 0.717) is 49.4 Å². The third-order valence-corrected chi connectivity index (χ3v) is 4.26. The first-order valence-corrected chi connectivity index (χ1v) is 9.46. The highest BCUT2D eigenvalue weighted by molar-refractivity contribution is 9.10. The first-order valence-electron chi connectivity index (χ1n) is 8.67. The Labute approximate surface area is 161 Å². The molecular weight excluding hydrogens is 402 g/mol. The molecule has 0 aliphatic rings. The fourth-order valence-electron chi connectivity index (χ4n) is 2.39. The van der Waals surface area contributed by atoms with Crippen molar-refractivity contribution in [2.45, 2.75) is 40.0 Å². The second-order valence-electron chi connectivity index (χ2n) is 5.62. The second kappa shape index (κ2) is 10.2. The molecule has 0 saturated heterocycles. The summed E-state index contributed by atoms with van der Waals surface area (Å²) in [7, 11) is 0. The van der Waals surface area contributed by atoms with Crippen molar-refractivity contribution in [1.82, 2.24) is 15.5 Å². The zero-order chi connectivity index (χ0) is 18.9. The Hall–Kier alpha value is -2.09. The van der Waals surface area contributed by atoms with Crippen molar-refractivity contribution < 1.29 is 18.8 Å². The van der Waals surface area contributed by atoms with Gasteiger partial charge in [0.2, 0.25) is 11.8 Å². The van der Waals surface area contributed by atoms with E-state index in [0.717, 1.165) is 16.5 Å². The van der Waals surface area contributed by atoms with Crippen LogP contribution in [0.1, 0.15) is 37.5 Å². The fourth-order valence-corrected chi connectivity index (χ4v) is 2.86. The number of hydrogen-bond acceptors (Lipinski definition) is 6. The number of rotatable bonds is 10. The van der Waals surface area contributed by atoms with Crippen molar-refractivity contribution in [3.8, 4) is 11.5 Å². The largest absolute Gasteiger partial charge is 0.490 e. The van der Waals surface area contributed by atoms with Gasteiger partial charge in [0.15, 0.2) is 17.3 Å². The molecular formula is C18H24BrN3O4. The summed E-state index contributed by atoms with van der Waals surface area (Å²) < 4.78 is 17.1. The summed E-state index contributed by atoms with van der Waals surface area (Å²) >= 11 is 3.50. The van der Waals surface area contributed by atoms with Gasteiger partial charge in [0.05, 0.1) is 19.6 Å². The maximum absolute atomic E-state index is 12.2. The Morgan fingerprint density at radius 2 is 1.92 bits per heavy atom. The van der Waals surface area contributed by atoms with Crippen LogP contribution < -0.4 is 14.8 Å². The van der Waals surface area contributed by atoms with Crippen LogP contribution in [-0.4, -0.2) is 35.8 Å². The molecule has 1 amide bonds. The Balaban J connectivity index is 1.87. The number of aromatic nitrogens is 2. The summed E-state index contributed by atoms with van der Waals surface area (Å²) in [5.41, 5.74) is 0.849. The number of carbonyl (C=O) groups excluding carboxylic acids is 1. The van der Waals surface area contributed by atoms with E-state index in [2.05, 4.69) is 31.4 Å². The molecule has 1 aromatic carbocycles. The lowest BCUT2D eigenvalue weighted by Gasteiger charge is -2.14. The minimum Gasteiger partial charge on any atom is -0.490 e. The Morgan fingerprint density at radius 3 is 2.54 bits per heavy atom.